The number of benzene rings is 2. The maximum atomic E-state index is 11.5. The number of phenolic OH excluding ortho intramolecular Hbond substituents is 1. The van der Waals surface area contributed by atoms with Crippen LogP contribution in [0, 0.1) is 0 Å². The van der Waals surface area contributed by atoms with Gasteiger partial charge in [0.15, 0.2) is 5.12 Å². The molecular weight excluding hydrogens is 359 g/mol. The summed E-state index contributed by atoms with van der Waals surface area (Å²) in [7, 11) is -0.519. The first kappa shape index (κ1) is 20.0. The third-order valence-electron chi connectivity index (χ3n) is 5.27. The van der Waals surface area contributed by atoms with Gasteiger partial charge in [-0.15, -0.1) is 0 Å². The van der Waals surface area contributed by atoms with Crippen LogP contribution < -0.4 is 0 Å². The number of rotatable bonds is 4. The van der Waals surface area contributed by atoms with Crippen molar-refractivity contribution in [1.29, 1.82) is 0 Å². The van der Waals surface area contributed by atoms with Crippen molar-refractivity contribution in [2.24, 2.45) is 0 Å². The summed E-state index contributed by atoms with van der Waals surface area (Å²) in [6.07, 6.45) is 2.01. The molecule has 2 aromatic rings. The molecule has 1 N–H and O–H groups in total. The number of thioether (sulfide) groups is 1. The average Bonchev–Trinajstić information content (AvgIpc) is 2.81. The smallest absolute Gasteiger partial charge is 0.491 e. The van der Waals surface area contributed by atoms with Crippen molar-refractivity contribution >= 4 is 40.8 Å². The highest BCUT2D eigenvalue weighted by atomic mass is 32.2. The minimum absolute atomic E-state index is 0.0491. The molecule has 27 heavy (non-hydrogen) atoms. The van der Waals surface area contributed by atoms with Gasteiger partial charge in [-0.2, -0.15) is 0 Å². The molecule has 0 unspecified atom stereocenters. The number of hydrogen-bond acceptors (Lipinski definition) is 5. The van der Waals surface area contributed by atoms with Crippen LogP contribution in [0.3, 0.4) is 0 Å². The number of carbonyl (C=O) groups is 1. The van der Waals surface area contributed by atoms with Gasteiger partial charge in [0.25, 0.3) is 0 Å². The molecule has 142 valence electrons. The second-order valence-corrected chi connectivity index (χ2v) is 8.96. The molecule has 0 amide bonds. The van der Waals surface area contributed by atoms with Crippen LogP contribution >= 0.6 is 11.8 Å². The Labute approximate surface area is 165 Å². The van der Waals surface area contributed by atoms with Gasteiger partial charge in [0.05, 0.1) is 11.2 Å². The molecule has 1 aliphatic heterocycles. The fourth-order valence-electron chi connectivity index (χ4n) is 2.99. The highest BCUT2D eigenvalue weighted by Gasteiger charge is 2.52. The van der Waals surface area contributed by atoms with E-state index in [1.165, 1.54) is 11.8 Å². The van der Waals surface area contributed by atoms with Crippen molar-refractivity contribution in [3.63, 3.8) is 0 Å². The lowest BCUT2D eigenvalue weighted by molar-refractivity contribution is -0.109. The SMILES string of the molecule is CC(=O)SCC(=Cc1ccc(O)c2ccccc12)B1OC(C)(C)C(C)(C)O1. The normalized spacial score (nSPS) is 18.9. The standard InChI is InChI=1S/C21H25BO4S/c1-14(23)27-13-16(22-25-20(2,3)21(4,5)26-22)12-15-10-11-19(24)18-9-7-6-8-17(15)18/h6-12,24H,13H2,1-5H3. The zero-order chi connectivity index (χ0) is 19.8. The third-order valence-corrected chi connectivity index (χ3v) is 6.16. The van der Waals surface area contributed by atoms with Gasteiger partial charge >= 0.3 is 7.12 Å². The van der Waals surface area contributed by atoms with Crippen molar-refractivity contribution in [2.75, 3.05) is 5.75 Å². The zero-order valence-corrected chi connectivity index (χ0v) is 17.2. The second-order valence-electron chi connectivity index (χ2n) is 7.81. The summed E-state index contributed by atoms with van der Waals surface area (Å²) in [5.41, 5.74) is 0.950. The Morgan fingerprint density at radius 2 is 1.67 bits per heavy atom. The Kier molecular flexibility index (Phi) is 5.44. The lowest BCUT2D eigenvalue weighted by Crippen LogP contribution is -2.41. The van der Waals surface area contributed by atoms with E-state index in [4.69, 9.17) is 9.31 Å². The first-order valence-electron chi connectivity index (χ1n) is 9.01. The average molecular weight is 384 g/mol. The van der Waals surface area contributed by atoms with Gasteiger partial charge in [0.1, 0.15) is 5.75 Å². The van der Waals surface area contributed by atoms with E-state index in [0.717, 1.165) is 21.8 Å². The van der Waals surface area contributed by atoms with E-state index in [2.05, 4.69) is 0 Å². The molecule has 1 fully saturated rings. The van der Waals surface area contributed by atoms with Crippen LogP contribution in [0.15, 0.2) is 41.9 Å². The molecule has 1 saturated heterocycles. The van der Waals surface area contributed by atoms with Crippen LogP contribution in [0.5, 0.6) is 5.75 Å². The summed E-state index contributed by atoms with van der Waals surface area (Å²) in [5, 5.41) is 11.9. The second kappa shape index (κ2) is 7.34. The van der Waals surface area contributed by atoms with Crippen LogP contribution in [0.25, 0.3) is 16.8 Å². The van der Waals surface area contributed by atoms with Crippen molar-refractivity contribution in [1.82, 2.24) is 0 Å². The van der Waals surface area contributed by atoms with E-state index in [-0.39, 0.29) is 10.9 Å². The summed E-state index contributed by atoms with van der Waals surface area (Å²) in [6, 6.07) is 11.3. The van der Waals surface area contributed by atoms with Crippen molar-refractivity contribution in [2.45, 2.75) is 45.8 Å². The summed E-state index contributed by atoms with van der Waals surface area (Å²) < 4.78 is 12.4. The monoisotopic (exact) mass is 384 g/mol. The molecule has 1 aliphatic rings. The third kappa shape index (κ3) is 4.08. The number of aromatic hydroxyl groups is 1. The maximum Gasteiger partial charge on any atom is 0.491 e. The topological polar surface area (TPSA) is 55.8 Å². The molecule has 0 radical (unpaired) electrons. The number of hydrogen-bond donors (Lipinski definition) is 1. The molecule has 3 rings (SSSR count). The van der Waals surface area contributed by atoms with Gasteiger partial charge in [-0.25, -0.2) is 0 Å². The highest BCUT2D eigenvalue weighted by Crippen LogP contribution is 2.40. The Bertz CT molecular complexity index is 888. The van der Waals surface area contributed by atoms with Crippen molar-refractivity contribution in [3.8, 4) is 5.75 Å². The van der Waals surface area contributed by atoms with E-state index >= 15 is 0 Å². The highest BCUT2D eigenvalue weighted by molar-refractivity contribution is 8.13. The van der Waals surface area contributed by atoms with Crippen LogP contribution in [-0.2, 0) is 14.1 Å². The lowest BCUT2D eigenvalue weighted by Gasteiger charge is -2.32. The van der Waals surface area contributed by atoms with E-state index in [9.17, 15) is 9.90 Å². The molecule has 6 heteroatoms. The number of phenols is 1. The summed E-state index contributed by atoms with van der Waals surface area (Å²) in [6.45, 7) is 9.61. The van der Waals surface area contributed by atoms with Gasteiger partial charge in [-0.05, 0) is 50.2 Å². The van der Waals surface area contributed by atoms with Crippen LogP contribution in [0.4, 0.5) is 0 Å². The lowest BCUT2D eigenvalue weighted by atomic mass is 9.78. The molecule has 0 saturated carbocycles. The molecule has 2 aromatic carbocycles. The molecule has 0 aromatic heterocycles. The van der Waals surface area contributed by atoms with Crippen LogP contribution in [0.1, 0.15) is 40.2 Å². The van der Waals surface area contributed by atoms with Gasteiger partial charge in [-0.1, -0.05) is 48.2 Å². The molecule has 0 atom stereocenters. The molecular formula is C21H25BO4S. The predicted molar refractivity (Wildman–Crippen MR) is 113 cm³/mol. The first-order valence-corrected chi connectivity index (χ1v) is 9.99. The van der Waals surface area contributed by atoms with Crippen LogP contribution in [0.2, 0.25) is 0 Å². The molecule has 0 spiro atoms. The van der Waals surface area contributed by atoms with E-state index in [1.807, 2.05) is 64.1 Å². The Balaban J connectivity index is 2.04. The molecule has 0 aliphatic carbocycles. The Hall–Kier alpha value is -1.76. The summed E-state index contributed by atoms with van der Waals surface area (Å²) in [5.74, 6) is 0.736. The van der Waals surface area contributed by atoms with E-state index < -0.39 is 18.3 Å². The Morgan fingerprint density at radius 1 is 1.07 bits per heavy atom. The fourth-order valence-corrected chi connectivity index (χ4v) is 3.58. The van der Waals surface area contributed by atoms with Gasteiger partial charge < -0.3 is 14.4 Å². The minimum Gasteiger partial charge on any atom is -0.507 e. The maximum absolute atomic E-state index is 11.5. The van der Waals surface area contributed by atoms with Gasteiger partial charge in [-0.3, -0.25) is 4.79 Å². The minimum atomic E-state index is -0.519. The largest absolute Gasteiger partial charge is 0.507 e. The van der Waals surface area contributed by atoms with Gasteiger partial charge in [0.2, 0.25) is 0 Å². The van der Waals surface area contributed by atoms with Crippen molar-refractivity contribution < 1.29 is 19.2 Å². The van der Waals surface area contributed by atoms with Crippen molar-refractivity contribution in [3.05, 3.63) is 47.4 Å². The van der Waals surface area contributed by atoms with Gasteiger partial charge in [0, 0.05) is 18.1 Å². The Morgan fingerprint density at radius 3 is 2.26 bits per heavy atom. The van der Waals surface area contributed by atoms with Crippen LogP contribution in [-0.4, -0.2) is 34.3 Å². The molecule has 1 heterocycles. The summed E-state index contributed by atoms with van der Waals surface area (Å²) >= 11 is 1.24. The molecule has 4 nitrogen and oxygen atoms in total. The summed E-state index contributed by atoms with van der Waals surface area (Å²) in [4.78, 5) is 11.5. The van der Waals surface area contributed by atoms with E-state index in [1.54, 1.807) is 13.0 Å². The first-order chi connectivity index (χ1) is 12.6. The quantitative estimate of drug-likeness (QED) is 0.765. The predicted octanol–water partition coefficient (Wildman–Crippen LogP) is 4.84. The molecule has 0 bridgehead atoms. The zero-order valence-electron chi connectivity index (χ0n) is 16.4. The number of fused-ring (bicyclic) bond motifs is 1. The van der Waals surface area contributed by atoms with E-state index in [0.29, 0.717) is 5.75 Å². The number of carbonyl (C=O) groups excluding carboxylic acids is 1. The fraction of sp³-hybridized carbons (Fsp3) is 0.381.